The average Bonchev–Trinajstić information content (AvgIpc) is 2.91. The van der Waals surface area contributed by atoms with Crippen molar-refractivity contribution in [1.82, 2.24) is 4.90 Å². The van der Waals surface area contributed by atoms with Gasteiger partial charge in [-0.3, -0.25) is 14.4 Å². The maximum absolute atomic E-state index is 12.7. The Hall–Kier alpha value is -1.89. The van der Waals surface area contributed by atoms with Crippen LogP contribution in [0.25, 0.3) is 0 Å². The van der Waals surface area contributed by atoms with E-state index in [1.807, 2.05) is 0 Å². The van der Waals surface area contributed by atoms with Crippen molar-refractivity contribution >= 4 is 34.1 Å². The third-order valence-corrected chi connectivity index (χ3v) is 6.67. The van der Waals surface area contributed by atoms with Crippen molar-refractivity contribution in [3.8, 4) is 0 Å². The second-order valence-corrected chi connectivity index (χ2v) is 8.36. The summed E-state index contributed by atoms with van der Waals surface area (Å²) in [5.41, 5.74) is 7.21. The van der Waals surface area contributed by atoms with Gasteiger partial charge in [-0.05, 0) is 44.1 Å². The van der Waals surface area contributed by atoms with Crippen LogP contribution in [0, 0.1) is 5.92 Å². The Balaban J connectivity index is 1.75. The van der Waals surface area contributed by atoms with Gasteiger partial charge in [-0.25, -0.2) is 0 Å². The van der Waals surface area contributed by atoms with Gasteiger partial charge in [0.15, 0.2) is 0 Å². The molecule has 2 aliphatic rings. The van der Waals surface area contributed by atoms with E-state index in [4.69, 9.17) is 5.73 Å². The van der Waals surface area contributed by atoms with Crippen LogP contribution in [0.3, 0.4) is 0 Å². The highest BCUT2D eigenvalue weighted by atomic mass is 32.1. The molecule has 0 saturated carbocycles. The fraction of sp³-hybridized carbons (Fsp3) is 0.632. The fourth-order valence-electron chi connectivity index (χ4n) is 3.94. The molecule has 6 nitrogen and oxygen atoms in total. The highest BCUT2D eigenvalue weighted by molar-refractivity contribution is 7.17. The van der Waals surface area contributed by atoms with Crippen LogP contribution in [0.1, 0.15) is 66.2 Å². The predicted molar refractivity (Wildman–Crippen MR) is 102 cm³/mol. The molecule has 0 radical (unpaired) electrons. The van der Waals surface area contributed by atoms with Gasteiger partial charge < -0.3 is 16.0 Å². The van der Waals surface area contributed by atoms with Crippen LogP contribution in [0.2, 0.25) is 0 Å². The molecule has 26 heavy (non-hydrogen) atoms. The molecule has 0 bridgehead atoms. The molecule has 1 aliphatic carbocycles. The number of aryl methyl sites for hydroxylation is 1. The summed E-state index contributed by atoms with van der Waals surface area (Å²) in [7, 11) is 0. The van der Waals surface area contributed by atoms with Crippen molar-refractivity contribution in [2.24, 2.45) is 11.7 Å². The van der Waals surface area contributed by atoms with Crippen LogP contribution >= 0.6 is 11.3 Å². The van der Waals surface area contributed by atoms with E-state index in [0.717, 1.165) is 31.2 Å². The van der Waals surface area contributed by atoms with E-state index >= 15 is 0 Å². The zero-order chi connectivity index (χ0) is 18.7. The van der Waals surface area contributed by atoms with Crippen LogP contribution in [-0.2, 0) is 22.4 Å². The number of nitrogens with one attached hydrogen (secondary N) is 1. The number of fused-ring (bicyclic) bond motifs is 1. The highest BCUT2D eigenvalue weighted by Crippen LogP contribution is 2.37. The second kappa shape index (κ2) is 8.20. The summed E-state index contributed by atoms with van der Waals surface area (Å²) in [5, 5.41) is 3.59. The lowest BCUT2D eigenvalue weighted by atomic mass is 9.95. The molecule has 1 fully saturated rings. The minimum Gasteiger partial charge on any atom is -0.365 e. The normalized spacial score (nSPS) is 18.6. The Bertz CT molecular complexity index is 705. The summed E-state index contributed by atoms with van der Waals surface area (Å²) in [6, 6.07) is 0. The smallest absolute Gasteiger partial charge is 0.251 e. The van der Waals surface area contributed by atoms with Crippen LogP contribution in [0.5, 0.6) is 0 Å². The van der Waals surface area contributed by atoms with E-state index in [-0.39, 0.29) is 17.7 Å². The minimum absolute atomic E-state index is 0.0536. The lowest BCUT2D eigenvalue weighted by molar-refractivity contribution is -0.132. The first-order valence-corrected chi connectivity index (χ1v) is 10.3. The first-order valence-electron chi connectivity index (χ1n) is 9.48. The molecule has 3 amide bonds. The van der Waals surface area contributed by atoms with Gasteiger partial charge in [-0.15, -0.1) is 11.3 Å². The Morgan fingerprint density at radius 2 is 1.73 bits per heavy atom. The number of amides is 3. The number of hydrogen-bond acceptors (Lipinski definition) is 4. The van der Waals surface area contributed by atoms with Crippen LogP contribution in [0.4, 0.5) is 5.00 Å². The lowest BCUT2D eigenvalue weighted by Crippen LogP contribution is -2.40. The van der Waals surface area contributed by atoms with Crippen LogP contribution in [0.15, 0.2) is 0 Å². The second-order valence-electron chi connectivity index (χ2n) is 7.26. The van der Waals surface area contributed by atoms with Gasteiger partial charge in [-0.2, -0.15) is 0 Å². The first kappa shape index (κ1) is 18.9. The zero-order valence-corrected chi connectivity index (χ0v) is 16.1. The number of anilines is 1. The van der Waals surface area contributed by atoms with Crippen molar-refractivity contribution in [2.75, 3.05) is 18.4 Å². The molecule has 0 aromatic carbocycles. The number of rotatable bonds is 3. The maximum Gasteiger partial charge on any atom is 0.251 e. The van der Waals surface area contributed by atoms with Gasteiger partial charge in [0.25, 0.3) is 5.91 Å². The van der Waals surface area contributed by atoms with E-state index in [2.05, 4.69) is 5.32 Å². The number of likely N-dealkylation sites (tertiary alicyclic amines) is 1. The molecule has 3 N–H and O–H groups in total. The molecule has 2 heterocycles. The molecule has 3 rings (SSSR count). The molecule has 1 aliphatic heterocycles. The Morgan fingerprint density at radius 3 is 2.35 bits per heavy atom. The van der Waals surface area contributed by atoms with Gasteiger partial charge in [0.05, 0.1) is 5.56 Å². The van der Waals surface area contributed by atoms with Crippen molar-refractivity contribution in [3.05, 3.63) is 16.0 Å². The van der Waals surface area contributed by atoms with Crippen LogP contribution in [-0.4, -0.2) is 35.7 Å². The molecular formula is C19H27N3O3S. The highest BCUT2D eigenvalue weighted by Gasteiger charge is 2.29. The molecule has 0 atom stereocenters. The van der Waals surface area contributed by atoms with E-state index in [1.54, 1.807) is 11.8 Å². The Labute approximate surface area is 158 Å². The number of hydrogen-bond donors (Lipinski definition) is 2. The Morgan fingerprint density at radius 1 is 1.08 bits per heavy atom. The van der Waals surface area contributed by atoms with Gasteiger partial charge in [-0.1, -0.05) is 12.8 Å². The van der Waals surface area contributed by atoms with Gasteiger partial charge in [0.1, 0.15) is 5.00 Å². The topological polar surface area (TPSA) is 92.5 Å². The minimum atomic E-state index is -0.454. The molecule has 1 aromatic heterocycles. The SMILES string of the molecule is CC(=O)N1CCC(C(=O)Nc2sc3c(c2C(N)=O)CCCCCC3)CC1. The first-order chi connectivity index (χ1) is 12.5. The Kier molecular flexibility index (Phi) is 5.96. The van der Waals surface area contributed by atoms with Crippen LogP contribution < -0.4 is 11.1 Å². The summed E-state index contributed by atoms with van der Waals surface area (Å²) in [6.07, 6.45) is 7.67. The summed E-state index contributed by atoms with van der Waals surface area (Å²) >= 11 is 1.51. The number of carbonyl (C=O) groups is 3. The van der Waals surface area contributed by atoms with Gasteiger partial charge in [0, 0.05) is 30.8 Å². The molecular weight excluding hydrogens is 350 g/mol. The third kappa shape index (κ3) is 4.09. The lowest BCUT2D eigenvalue weighted by Gasteiger charge is -2.30. The fourth-order valence-corrected chi connectivity index (χ4v) is 5.24. The molecule has 1 aromatic rings. The number of carbonyl (C=O) groups excluding carboxylic acids is 3. The quantitative estimate of drug-likeness (QED) is 0.848. The summed E-state index contributed by atoms with van der Waals surface area (Å²) < 4.78 is 0. The number of piperidine rings is 1. The number of nitrogens with two attached hydrogens (primary N) is 1. The summed E-state index contributed by atoms with van der Waals surface area (Å²) in [5.74, 6) is -0.594. The molecule has 0 unspecified atom stereocenters. The van der Waals surface area contributed by atoms with E-state index < -0.39 is 5.91 Å². The average molecular weight is 378 g/mol. The van der Waals surface area contributed by atoms with Crippen molar-refractivity contribution in [1.29, 1.82) is 0 Å². The van der Waals surface area contributed by atoms with Gasteiger partial charge in [0.2, 0.25) is 11.8 Å². The molecule has 0 spiro atoms. The van der Waals surface area contributed by atoms with Crippen molar-refractivity contribution in [3.63, 3.8) is 0 Å². The number of nitrogens with zero attached hydrogens (tertiary/aromatic N) is 1. The maximum atomic E-state index is 12.7. The van der Waals surface area contributed by atoms with Crippen molar-refractivity contribution < 1.29 is 14.4 Å². The zero-order valence-electron chi connectivity index (χ0n) is 15.3. The summed E-state index contributed by atoms with van der Waals surface area (Å²) in [4.78, 5) is 39.2. The molecule has 7 heteroatoms. The summed E-state index contributed by atoms with van der Waals surface area (Å²) in [6.45, 7) is 2.77. The predicted octanol–water partition coefficient (Wildman–Crippen LogP) is 2.70. The van der Waals surface area contributed by atoms with E-state index in [1.165, 1.54) is 29.1 Å². The largest absolute Gasteiger partial charge is 0.365 e. The van der Waals surface area contributed by atoms with Gasteiger partial charge >= 0.3 is 0 Å². The number of primary amides is 1. The monoisotopic (exact) mass is 377 g/mol. The third-order valence-electron chi connectivity index (χ3n) is 5.47. The molecule has 1 saturated heterocycles. The standard InChI is InChI=1S/C19H27N3O3S/c1-12(23)22-10-8-13(9-11-22)18(25)21-19-16(17(20)24)14-6-4-2-3-5-7-15(14)26-19/h13H,2-11H2,1H3,(H2,20,24)(H,21,25). The van der Waals surface area contributed by atoms with E-state index in [0.29, 0.717) is 36.5 Å². The van der Waals surface area contributed by atoms with E-state index in [9.17, 15) is 14.4 Å². The number of thiophene rings is 1. The van der Waals surface area contributed by atoms with Crippen molar-refractivity contribution in [2.45, 2.75) is 58.3 Å². The molecule has 142 valence electrons.